The van der Waals surface area contributed by atoms with Gasteiger partial charge in [0, 0.05) is 41.6 Å². The van der Waals surface area contributed by atoms with Gasteiger partial charge >= 0.3 is 0 Å². The van der Waals surface area contributed by atoms with Crippen molar-refractivity contribution in [2.45, 2.75) is 52.4 Å². The van der Waals surface area contributed by atoms with Crippen LogP contribution in [-0.4, -0.2) is 29.1 Å². The molecule has 2 aromatic carbocycles. The first kappa shape index (κ1) is 21.3. The molecule has 0 bridgehead atoms. The Balaban J connectivity index is 1.47. The Bertz CT molecular complexity index is 1450. The second kappa shape index (κ2) is 8.49. The van der Waals surface area contributed by atoms with Crippen molar-refractivity contribution in [3.8, 4) is 0 Å². The average Bonchev–Trinajstić information content (AvgIpc) is 3.41. The molecular formula is C30H33ClN2. The molecule has 1 atom stereocenters. The number of nitrogens with zero attached hydrogens (tertiary/aromatic N) is 2. The molecule has 0 saturated carbocycles. The summed E-state index contributed by atoms with van der Waals surface area (Å²) in [6, 6.07) is 15.8. The van der Waals surface area contributed by atoms with E-state index in [9.17, 15) is 0 Å². The molecule has 0 amide bonds. The molecule has 3 aromatic rings. The minimum Gasteiger partial charge on any atom is -0.321 e. The number of hydrogen-bond acceptors (Lipinski definition) is 1. The monoisotopic (exact) mass is 456 g/mol. The summed E-state index contributed by atoms with van der Waals surface area (Å²) in [6.45, 7) is 8.35. The topological polar surface area (TPSA) is 8.17 Å². The van der Waals surface area contributed by atoms with Crippen LogP contribution < -0.4 is 10.4 Å². The van der Waals surface area contributed by atoms with Crippen molar-refractivity contribution in [3.05, 3.63) is 90.9 Å². The van der Waals surface area contributed by atoms with Crippen LogP contribution in [0.2, 0.25) is 5.02 Å². The maximum absolute atomic E-state index is 6.27. The lowest BCUT2D eigenvalue weighted by Gasteiger charge is -2.24. The summed E-state index contributed by atoms with van der Waals surface area (Å²) in [5.74, 6) is 0.849. The van der Waals surface area contributed by atoms with Crippen LogP contribution in [0.4, 0.5) is 0 Å². The predicted molar refractivity (Wildman–Crippen MR) is 138 cm³/mol. The number of aromatic nitrogens is 1. The molecule has 1 fully saturated rings. The Kier molecular flexibility index (Phi) is 5.47. The molecule has 0 spiro atoms. The molecule has 0 N–H and O–H groups in total. The van der Waals surface area contributed by atoms with Gasteiger partial charge in [-0.25, -0.2) is 0 Å². The molecule has 0 radical (unpaired) electrons. The highest BCUT2D eigenvalue weighted by molar-refractivity contribution is 6.30. The fourth-order valence-corrected chi connectivity index (χ4v) is 6.55. The molecule has 2 heterocycles. The van der Waals surface area contributed by atoms with Crippen molar-refractivity contribution in [2.24, 2.45) is 5.92 Å². The van der Waals surface area contributed by atoms with Crippen LogP contribution in [0.15, 0.2) is 42.5 Å². The Morgan fingerprint density at radius 2 is 1.82 bits per heavy atom. The fraction of sp³-hybridized carbons (Fsp3) is 0.400. The van der Waals surface area contributed by atoms with Gasteiger partial charge in [0.25, 0.3) is 0 Å². The van der Waals surface area contributed by atoms with E-state index in [1.807, 2.05) is 6.07 Å². The van der Waals surface area contributed by atoms with E-state index in [-0.39, 0.29) is 0 Å². The van der Waals surface area contributed by atoms with Gasteiger partial charge in [-0.2, -0.15) is 0 Å². The van der Waals surface area contributed by atoms with E-state index in [2.05, 4.69) is 65.8 Å². The molecule has 33 heavy (non-hydrogen) atoms. The van der Waals surface area contributed by atoms with Crippen LogP contribution in [-0.2, 0) is 19.3 Å². The van der Waals surface area contributed by atoms with Crippen molar-refractivity contribution < 1.29 is 0 Å². The first-order chi connectivity index (χ1) is 16.1. The van der Waals surface area contributed by atoms with E-state index >= 15 is 0 Å². The standard InChI is InChI=1S/C30H33ClN2/c1-20-14-16-32(19-20)17-15-24-9-6-21(2)33(24)30-5-3-4-26-28-10-7-22-18-23(31)8-11-25(22)27(28)12-13-29(26)30/h6-9,11-13,18,20H,3-5,10,14-17,19H2,1-2H3. The number of halogens is 1. The Hall–Kier alpha value is -2.29. The van der Waals surface area contributed by atoms with Crippen LogP contribution in [0.1, 0.15) is 48.7 Å². The molecule has 2 nitrogen and oxygen atoms in total. The number of fused-ring (bicyclic) bond motifs is 4. The van der Waals surface area contributed by atoms with E-state index in [0.717, 1.165) is 30.2 Å². The van der Waals surface area contributed by atoms with Crippen LogP contribution in [0.25, 0.3) is 11.8 Å². The lowest BCUT2D eigenvalue weighted by Crippen LogP contribution is -2.27. The van der Waals surface area contributed by atoms with Crippen LogP contribution in [0.3, 0.4) is 0 Å². The van der Waals surface area contributed by atoms with Gasteiger partial charge < -0.3 is 9.47 Å². The second-order valence-corrected chi connectivity index (χ2v) is 10.7. The molecule has 1 aliphatic heterocycles. The van der Waals surface area contributed by atoms with Gasteiger partial charge in [0.1, 0.15) is 0 Å². The normalized spacial score (nSPS) is 19.7. The largest absolute Gasteiger partial charge is 0.321 e. The number of rotatable bonds is 4. The zero-order valence-electron chi connectivity index (χ0n) is 19.8. The number of benzene rings is 2. The Morgan fingerprint density at radius 3 is 2.67 bits per heavy atom. The molecule has 2 aliphatic carbocycles. The molecular weight excluding hydrogens is 424 g/mol. The van der Waals surface area contributed by atoms with E-state index in [1.165, 1.54) is 82.4 Å². The number of hydrogen-bond donors (Lipinski definition) is 0. The second-order valence-electron chi connectivity index (χ2n) is 10.3. The summed E-state index contributed by atoms with van der Waals surface area (Å²) in [5.41, 5.74) is 7.44. The minimum atomic E-state index is 0.820. The van der Waals surface area contributed by atoms with E-state index in [1.54, 1.807) is 5.56 Å². The van der Waals surface area contributed by atoms with Crippen molar-refractivity contribution >= 4 is 23.4 Å². The molecule has 1 saturated heterocycles. The van der Waals surface area contributed by atoms with Crippen molar-refractivity contribution in [2.75, 3.05) is 19.6 Å². The SMILES string of the molecule is Cc1ccc(CCN2CCC(C)C2)n1C1=c2ccc3c(c2CCC1)CC=c1cc(Cl)ccc1=3. The highest BCUT2D eigenvalue weighted by Gasteiger charge is 2.21. The summed E-state index contributed by atoms with van der Waals surface area (Å²) in [7, 11) is 0. The molecule has 170 valence electrons. The molecule has 1 unspecified atom stereocenters. The third-order valence-corrected chi connectivity index (χ3v) is 8.27. The van der Waals surface area contributed by atoms with Crippen LogP contribution in [0.5, 0.6) is 0 Å². The van der Waals surface area contributed by atoms with Gasteiger partial charge in [0.2, 0.25) is 0 Å². The van der Waals surface area contributed by atoms with Gasteiger partial charge in [-0.15, -0.1) is 0 Å². The van der Waals surface area contributed by atoms with E-state index in [0.29, 0.717) is 0 Å². The van der Waals surface area contributed by atoms with Crippen molar-refractivity contribution in [1.29, 1.82) is 0 Å². The summed E-state index contributed by atoms with van der Waals surface area (Å²) in [5, 5.41) is 6.29. The molecule has 3 aliphatic rings. The minimum absolute atomic E-state index is 0.820. The van der Waals surface area contributed by atoms with Gasteiger partial charge in [0.05, 0.1) is 0 Å². The highest BCUT2D eigenvalue weighted by Crippen LogP contribution is 2.26. The number of likely N-dealkylation sites (tertiary alicyclic amines) is 1. The lowest BCUT2D eigenvalue weighted by molar-refractivity contribution is 0.330. The van der Waals surface area contributed by atoms with Crippen LogP contribution >= 0.6 is 11.6 Å². The maximum atomic E-state index is 6.27. The first-order valence-electron chi connectivity index (χ1n) is 12.6. The maximum Gasteiger partial charge on any atom is 0.0412 e. The van der Waals surface area contributed by atoms with Crippen molar-refractivity contribution in [1.82, 2.24) is 9.47 Å². The Labute approximate surface area is 201 Å². The summed E-state index contributed by atoms with van der Waals surface area (Å²) >= 11 is 6.27. The predicted octanol–water partition coefficient (Wildman–Crippen LogP) is 4.95. The quantitative estimate of drug-likeness (QED) is 0.539. The number of aryl methyl sites for hydroxylation is 1. The summed E-state index contributed by atoms with van der Waals surface area (Å²) < 4.78 is 2.59. The van der Waals surface area contributed by atoms with Crippen molar-refractivity contribution in [3.63, 3.8) is 0 Å². The van der Waals surface area contributed by atoms with E-state index < -0.39 is 0 Å². The zero-order valence-corrected chi connectivity index (χ0v) is 20.6. The first-order valence-corrected chi connectivity index (χ1v) is 13.0. The summed E-state index contributed by atoms with van der Waals surface area (Å²) in [4.78, 5) is 2.65. The lowest BCUT2D eigenvalue weighted by atomic mass is 9.87. The van der Waals surface area contributed by atoms with Gasteiger partial charge in [0.15, 0.2) is 0 Å². The average molecular weight is 457 g/mol. The zero-order chi connectivity index (χ0) is 22.5. The summed E-state index contributed by atoms with van der Waals surface area (Å²) in [6.07, 6.45) is 9.41. The highest BCUT2D eigenvalue weighted by atomic mass is 35.5. The van der Waals surface area contributed by atoms with Gasteiger partial charge in [-0.3, -0.25) is 0 Å². The third-order valence-electron chi connectivity index (χ3n) is 8.03. The van der Waals surface area contributed by atoms with Gasteiger partial charge in [-0.05, 0) is 108 Å². The Morgan fingerprint density at radius 1 is 0.970 bits per heavy atom. The van der Waals surface area contributed by atoms with Gasteiger partial charge in [-0.1, -0.05) is 42.8 Å². The third kappa shape index (κ3) is 3.78. The fourth-order valence-electron chi connectivity index (χ4n) is 6.37. The van der Waals surface area contributed by atoms with E-state index in [4.69, 9.17) is 11.6 Å². The molecule has 6 rings (SSSR count). The molecule has 3 heteroatoms. The smallest absolute Gasteiger partial charge is 0.0412 e. The molecule has 1 aromatic heterocycles. The van der Waals surface area contributed by atoms with Crippen LogP contribution in [0, 0.1) is 23.3 Å².